The molecule has 0 unspecified atom stereocenters. The van der Waals surface area contributed by atoms with Gasteiger partial charge in [-0.1, -0.05) is 19.1 Å². The van der Waals surface area contributed by atoms with E-state index in [0.29, 0.717) is 11.7 Å². The highest BCUT2D eigenvalue weighted by Gasteiger charge is 2.47. The van der Waals surface area contributed by atoms with Crippen LogP contribution < -0.4 is 4.74 Å². The van der Waals surface area contributed by atoms with Gasteiger partial charge in [0.25, 0.3) is 0 Å². The van der Waals surface area contributed by atoms with Gasteiger partial charge in [-0.15, -0.1) is 12.4 Å². The first-order chi connectivity index (χ1) is 10.2. The lowest BCUT2D eigenvalue weighted by atomic mass is 9.59. The number of fused-ring (bicyclic) bond motifs is 1. The number of methoxy groups -OCH3 is 1. The Labute approximate surface area is 139 Å². The minimum atomic E-state index is 0. The number of hydrogen-bond donors (Lipinski definition) is 0. The summed E-state index contributed by atoms with van der Waals surface area (Å²) in [5.74, 6) is 1.83. The van der Waals surface area contributed by atoms with Crippen molar-refractivity contribution in [2.45, 2.75) is 38.0 Å². The summed E-state index contributed by atoms with van der Waals surface area (Å²) in [6.07, 6.45) is 3.64. The second-order valence-corrected chi connectivity index (χ2v) is 6.47. The summed E-state index contributed by atoms with van der Waals surface area (Å²) in [5.41, 5.74) is 1.55. The van der Waals surface area contributed by atoms with Gasteiger partial charge < -0.3 is 9.64 Å². The summed E-state index contributed by atoms with van der Waals surface area (Å²) in [4.78, 5) is 14.5. The number of likely N-dealkylation sites (tertiary alicyclic amines) is 1. The maximum atomic E-state index is 12.0. The fourth-order valence-electron chi connectivity index (χ4n) is 4.21. The van der Waals surface area contributed by atoms with E-state index in [-0.39, 0.29) is 17.8 Å². The molecule has 122 valence electrons. The summed E-state index contributed by atoms with van der Waals surface area (Å²) in [6, 6.07) is 8.50. The van der Waals surface area contributed by atoms with Crippen molar-refractivity contribution in [2.24, 2.45) is 5.92 Å². The van der Waals surface area contributed by atoms with E-state index in [9.17, 15) is 4.79 Å². The lowest BCUT2D eigenvalue weighted by Crippen LogP contribution is -2.52. The molecule has 0 amide bonds. The predicted molar refractivity (Wildman–Crippen MR) is 91.0 cm³/mol. The molecule has 3 nitrogen and oxygen atoms in total. The van der Waals surface area contributed by atoms with Crippen molar-refractivity contribution in [2.75, 3.05) is 26.7 Å². The van der Waals surface area contributed by atoms with Crippen molar-refractivity contribution in [3.63, 3.8) is 0 Å². The van der Waals surface area contributed by atoms with E-state index in [1.807, 2.05) is 6.07 Å². The highest BCUT2D eigenvalue weighted by molar-refractivity contribution is 5.85. The first-order valence-corrected chi connectivity index (χ1v) is 8.06. The highest BCUT2D eigenvalue weighted by atomic mass is 35.5. The molecule has 0 N–H and O–H groups in total. The first kappa shape index (κ1) is 17.3. The molecular weight excluding hydrogens is 298 g/mol. The molecule has 0 spiro atoms. The predicted octanol–water partition coefficient (Wildman–Crippen LogP) is 3.45. The molecule has 0 radical (unpaired) electrons. The van der Waals surface area contributed by atoms with Crippen LogP contribution in [0.2, 0.25) is 0 Å². The molecule has 2 atom stereocenters. The van der Waals surface area contributed by atoms with Crippen LogP contribution in [0, 0.1) is 5.92 Å². The quantitative estimate of drug-likeness (QED) is 0.853. The molecule has 4 heteroatoms. The fourth-order valence-corrected chi connectivity index (χ4v) is 4.21. The Balaban J connectivity index is 0.00000176. The third-order valence-corrected chi connectivity index (χ3v) is 5.55. The van der Waals surface area contributed by atoms with Gasteiger partial charge >= 0.3 is 0 Å². The maximum absolute atomic E-state index is 12.0. The molecule has 3 rings (SSSR count). The molecule has 1 aromatic carbocycles. The largest absolute Gasteiger partial charge is 0.497 e. The molecule has 22 heavy (non-hydrogen) atoms. The molecule has 0 aromatic heterocycles. The Hall–Kier alpha value is -1.06. The number of ketones is 1. The number of nitrogens with zero attached hydrogens (tertiary/aromatic N) is 1. The number of carbonyl (C=O) groups excluding carboxylic acids is 1. The molecule has 1 saturated heterocycles. The average molecular weight is 324 g/mol. The van der Waals surface area contributed by atoms with Crippen molar-refractivity contribution in [3.05, 3.63) is 29.8 Å². The van der Waals surface area contributed by atoms with Crippen LogP contribution in [-0.4, -0.2) is 37.4 Å². The van der Waals surface area contributed by atoms with Crippen LogP contribution in [0.3, 0.4) is 0 Å². The minimum absolute atomic E-state index is 0. The molecule has 2 aliphatic rings. The van der Waals surface area contributed by atoms with Crippen LogP contribution in [0.1, 0.15) is 38.2 Å². The zero-order valence-electron chi connectivity index (χ0n) is 13.5. The van der Waals surface area contributed by atoms with Crippen molar-refractivity contribution < 1.29 is 9.53 Å². The van der Waals surface area contributed by atoms with Crippen LogP contribution in [-0.2, 0) is 10.2 Å². The maximum Gasteiger partial charge on any atom is 0.133 e. The van der Waals surface area contributed by atoms with E-state index >= 15 is 0 Å². The van der Waals surface area contributed by atoms with E-state index < -0.39 is 0 Å². The lowest BCUT2D eigenvalue weighted by molar-refractivity contribution is -0.124. The Bertz CT molecular complexity index is 534. The van der Waals surface area contributed by atoms with E-state index in [1.165, 1.54) is 5.56 Å². The Morgan fingerprint density at radius 1 is 1.36 bits per heavy atom. The van der Waals surface area contributed by atoms with Gasteiger partial charge in [-0.05, 0) is 49.5 Å². The lowest BCUT2D eigenvalue weighted by Gasteiger charge is -2.50. The number of Topliss-reactive ketones (excluding diaryl/α,β-unsaturated/α-hetero) is 1. The summed E-state index contributed by atoms with van der Waals surface area (Å²) >= 11 is 0. The van der Waals surface area contributed by atoms with Gasteiger partial charge in [-0.3, -0.25) is 4.79 Å². The van der Waals surface area contributed by atoms with Crippen molar-refractivity contribution in [1.82, 2.24) is 4.90 Å². The van der Waals surface area contributed by atoms with Gasteiger partial charge in [0, 0.05) is 24.8 Å². The summed E-state index contributed by atoms with van der Waals surface area (Å²) in [6.45, 7) is 5.49. The number of halogens is 1. The van der Waals surface area contributed by atoms with Gasteiger partial charge in [0.15, 0.2) is 0 Å². The Kier molecular flexibility index (Phi) is 5.51. The van der Waals surface area contributed by atoms with Crippen LogP contribution in [0.5, 0.6) is 5.75 Å². The Morgan fingerprint density at radius 3 is 2.91 bits per heavy atom. The standard InChI is InChI=1S/C18H25NO2.ClH/c1-3-19-10-9-18(8-7-16(20)11-15(18)13-19)14-5-4-6-17(12-14)21-2;/h4-6,12,15H,3,7-11,13H2,1-2H3;1H/t15-,18-;/m0./s1. The Morgan fingerprint density at radius 2 is 2.18 bits per heavy atom. The molecule has 2 fully saturated rings. The van der Waals surface area contributed by atoms with Crippen LogP contribution in [0.25, 0.3) is 0 Å². The SMILES string of the molecule is CCN1CC[C@]2(c3cccc(OC)c3)CCC(=O)C[C@H]2C1.Cl. The zero-order chi connectivity index (χ0) is 14.9. The molecule has 1 heterocycles. The van der Waals surface area contributed by atoms with Crippen molar-refractivity contribution in [1.29, 1.82) is 0 Å². The number of piperidine rings is 1. The zero-order valence-corrected chi connectivity index (χ0v) is 14.3. The highest BCUT2D eigenvalue weighted by Crippen LogP contribution is 2.48. The molecule has 1 aromatic rings. The topological polar surface area (TPSA) is 29.5 Å². The molecule has 1 saturated carbocycles. The van der Waals surface area contributed by atoms with Crippen LogP contribution in [0.15, 0.2) is 24.3 Å². The molecule has 1 aliphatic heterocycles. The third-order valence-electron chi connectivity index (χ3n) is 5.55. The van der Waals surface area contributed by atoms with Gasteiger partial charge in [0.1, 0.15) is 11.5 Å². The first-order valence-electron chi connectivity index (χ1n) is 8.06. The third kappa shape index (κ3) is 3.02. The van der Waals surface area contributed by atoms with E-state index in [1.54, 1.807) is 7.11 Å². The number of ether oxygens (including phenoxy) is 1. The summed E-state index contributed by atoms with van der Waals surface area (Å²) < 4.78 is 5.41. The van der Waals surface area contributed by atoms with Gasteiger partial charge in [-0.25, -0.2) is 0 Å². The van der Waals surface area contributed by atoms with Crippen molar-refractivity contribution in [3.8, 4) is 5.75 Å². The van der Waals surface area contributed by atoms with E-state index in [4.69, 9.17) is 4.74 Å². The van der Waals surface area contributed by atoms with Gasteiger partial charge in [0.05, 0.1) is 7.11 Å². The minimum Gasteiger partial charge on any atom is -0.497 e. The fraction of sp³-hybridized carbons (Fsp3) is 0.611. The second kappa shape index (κ2) is 7.01. The van der Waals surface area contributed by atoms with E-state index in [2.05, 4.69) is 30.0 Å². The van der Waals surface area contributed by atoms with Crippen LogP contribution in [0.4, 0.5) is 0 Å². The smallest absolute Gasteiger partial charge is 0.133 e. The van der Waals surface area contributed by atoms with Gasteiger partial charge in [-0.2, -0.15) is 0 Å². The van der Waals surface area contributed by atoms with Gasteiger partial charge in [0.2, 0.25) is 0 Å². The normalized spacial score (nSPS) is 28.6. The average Bonchev–Trinajstić information content (AvgIpc) is 2.54. The second-order valence-electron chi connectivity index (χ2n) is 6.47. The van der Waals surface area contributed by atoms with Crippen LogP contribution >= 0.6 is 12.4 Å². The monoisotopic (exact) mass is 323 g/mol. The number of carbonyl (C=O) groups is 1. The molecule has 0 bridgehead atoms. The summed E-state index contributed by atoms with van der Waals surface area (Å²) in [5, 5.41) is 0. The number of benzene rings is 1. The summed E-state index contributed by atoms with van der Waals surface area (Å²) in [7, 11) is 1.72. The van der Waals surface area contributed by atoms with E-state index in [0.717, 1.165) is 51.1 Å². The molecular formula is C18H26ClNO2. The number of hydrogen-bond acceptors (Lipinski definition) is 3. The van der Waals surface area contributed by atoms with Crippen molar-refractivity contribution >= 4 is 18.2 Å². The number of rotatable bonds is 3. The molecule has 1 aliphatic carbocycles.